The fraction of sp³-hybridized carbons (Fsp3) is 0.519. The number of phenolic OH excluding ortho intramolecular Hbond substituents is 1. The van der Waals surface area contributed by atoms with Crippen molar-refractivity contribution in [1.29, 1.82) is 0 Å². The fourth-order valence-corrected chi connectivity index (χ4v) is 6.28. The summed E-state index contributed by atoms with van der Waals surface area (Å²) >= 11 is 0. The quantitative estimate of drug-likeness (QED) is 0.190. The van der Waals surface area contributed by atoms with Crippen molar-refractivity contribution in [2.45, 2.75) is 31.0 Å². The molecule has 0 bridgehead atoms. The number of primary amides is 1. The lowest BCUT2D eigenvalue weighted by Crippen LogP contribution is -2.63. The number of ketones is 2. The van der Waals surface area contributed by atoms with Crippen LogP contribution in [0.15, 0.2) is 28.7 Å². The first-order valence-electron chi connectivity index (χ1n) is 12.7. The number of likely N-dealkylation sites (N-methyl/N-ethyl adjacent to an activating group) is 1. The number of ether oxygens (including phenoxy) is 1. The van der Waals surface area contributed by atoms with Crippen LogP contribution in [0, 0.1) is 11.8 Å². The third-order valence-corrected chi connectivity index (χ3v) is 8.06. The highest BCUT2D eigenvalue weighted by Crippen LogP contribution is 2.53. The maximum absolute atomic E-state index is 14.0. The second kappa shape index (κ2) is 10.3. The van der Waals surface area contributed by atoms with Crippen molar-refractivity contribution in [2.75, 3.05) is 53.4 Å². The summed E-state index contributed by atoms with van der Waals surface area (Å²) in [5.74, 6) is -6.64. The van der Waals surface area contributed by atoms with E-state index in [1.165, 1.54) is 4.90 Å². The zero-order valence-corrected chi connectivity index (χ0v) is 22.7. The van der Waals surface area contributed by atoms with Gasteiger partial charge in [-0.3, -0.25) is 19.3 Å². The molecule has 0 radical (unpaired) electrons. The summed E-state index contributed by atoms with van der Waals surface area (Å²) in [4.78, 5) is 42.9. The SMILES string of the molecule is COCCNCc1cc(N(C)C)c2c(c1O)C(=O)C1=C(O)[C@]3(O)C(=O)C(C(N)=O)=C(O)[C@@H](N(C)C)[C@@H]3C[C@@H]1C2. The Morgan fingerprint density at radius 3 is 2.44 bits per heavy atom. The Morgan fingerprint density at radius 2 is 1.87 bits per heavy atom. The number of hydrogen-bond acceptors (Lipinski definition) is 11. The summed E-state index contributed by atoms with van der Waals surface area (Å²) in [6, 6.07) is 0.771. The number of fused-ring (bicyclic) bond motifs is 3. The molecule has 0 unspecified atom stereocenters. The van der Waals surface area contributed by atoms with Gasteiger partial charge in [0.25, 0.3) is 5.91 Å². The van der Waals surface area contributed by atoms with E-state index in [9.17, 15) is 34.8 Å². The van der Waals surface area contributed by atoms with Crippen LogP contribution in [0.5, 0.6) is 5.75 Å². The van der Waals surface area contributed by atoms with Gasteiger partial charge in [0.1, 0.15) is 22.8 Å². The van der Waals surface area contributed by atoms with E-state index in [-0.39, 0.29) is 36.3 Å². The van der Waals surface area contributed by atoms with E-state index >= 15 is 0 Å². The average molecular weight is 545 g/mol. The van der Waals surface area contributed by atoms with Crippen LogP contribution < -0.4 is 16.0 Å². The topological polar surface area (TPSA) is 186 Å². The van der Waals surface area contributed by atoms with E-state index in [1.54, 1.807) is 27.3 Å². The molecule has 12 nitrogen and oxygen atoms in total. The molecule has 1 aromatic rings. The molecule has 0 heterocycles. The number of methoxy groups -OCH3 is 1. The number of amides is 1. The van der Waals surface area contributed by atoms with Crippen LogP contribution in [-0.4, -0.2) is 103 Å². The first-order chi connectivity index (χ1) is 18.3. The molecule has 12 heteroatoms. The first kappa shape index (κ1) is 28.6. The molecule has 0 saturated heterocycles. The Kier molecular flexibility index (Phi) is 7.52. The van der Waals surface area contributed by atoms with Crippen molar-refractivity contribution in [2.24, 2.45) is 17.6 Å². The van der Waals surface area contributed by atoms with Gasteiger partial charge in [0.05, 0.1) is 18.2 Å². The van der Waals surface area contributed by atoms with Gasteiger partial charge in [0.15, 0.2) is 11.4 Å². The van der Waals surface area contributed by atoms with Crippen LogP contribution in [0.25, 0.3) is 0 Å². The van der Waals surface area contributed by atoms with E-state index in [1.807, 2.05) is 19.0 Å². The normalized spacial score (nSPS) is 26.5. The Hall–Kier alpha value is -3.45. The second-order valence-electron chi connectivity index (χ2n) is 10.8. The van der Waals surface area contributed by atoms with Crippen molar-refractivity contribution in [3.8, 4) is 5.75 Å². The van der Waals surface area contributed by atoms with Crippen LogP contribution in [0.3, 0.4) is 0 Å². The maximum Gasteiger partial charge on any atom is 0.255 e. The summed E-state index contributed by atoms with van der Waals surface area (Å²) in [5.41, 5.74) is 3.44. The molecule has 0 saturated carbocycles. The van der Waals surface area contributed by atoms with Crippen molar-refractivity contribution in [1.82, 2.24) is 10.2 Å². The van der Waals surface area contributed by atoms with Gasteiger partial charge in [-0.25, -0.2) is 0 Å². The first-order valence-corrected chi connectivity index (χ1v) is 12.7. The van der Waals surface area contributed by atoms with Crippen LogP contribution in [0.4, 0.5) is 5.69 Å². The number of phenols is 1. The van der Waals surface area contributed by atoms with Crippen LogP contribution in [0.1, 0.15) is 27.9 Å². The molecule has 39 heavy (non-hydrogen) atoms. The summed E-state index contributed by atoms with van der Waals surface area (Å²) in [6.45, 7) is 1.21. The highest BCUT2D eigenvalue weighted by atomic mass is 16.5. The van der Waals surface area contributed by atoms with Crippen LogP contribution in [0.2, 0.25) is 0 Å². The number of benzene rings is 1. The highest BCUT2D eigenvalue weighted by Gasteiger charge is 2.63. The lowest BCUT2D eigenvalue weighted by atomic mass is 9.58. The van der Waals surface area contributed by atoms with Crippen molar-refractivity contribution < 1.29 is 39.5 Å². The summed E-state index contributed by atoms with van der Waals surface area (Å²) in [5, 5.41) is 48.4. The molecular formula is C27H36N4O8. The smallest absolute Gasteiger partial charge is 0.255 e. The molecule has 3 aliphatic carbocycles. The van der Waals surface area contributed by atoms with Gasteiger partial charge in [-0.15, -0.1) is 0 Å². The molecular weight excluding hydrogens is 508 g/mol. The van der Waals surface area contributed by atoms with Gasteiger partial charge < -0.3 is 41.1 Å². The predicted octanol–water partition coefficient (Wildman–Crippen LogP) is -0.0774. The average Bonchev–Trinajstić information content (AvgIpc) is 2.84. The third kappa shape index (κ3) is 4.27. The number of aliphatic hydroxyl groups excluding tert-OH is 2. The number of rotatable bonds is 8. The highest BCUT2D eigenvalue weighted by molar-refractivity contribution is 6.24. The summed E-state index contributed by atoms with van der Waals surface area (Å²) in [7, 11) is 8.40. The van der Waals surface area contributed by atoms with Crippen molar-refractivity contribution in [3.05, 3.63) is 45.4 Å². The Balaban J connectivity index is 1.90. The predicted molar refractivity (Wildman–Crippen MR) is 142 cm³/mol. The number of Topliss-reactive ketones (excluding diaryl/α,β-unsaturated/α-hetero) is 2. The standard InChI is InChI=1S/C27H36N4O8/c1-30(2)16-10-13(11-29-6-7-39-5)21(32)18-14(16)8-12-9-15-20(31(3)4)23(34)19(26(28)37)25(36)27(15,38)24(35)17(12)22(18)33/h10,12,15,20,29,32,34-35,38H,6-9,11H2,1-5H3,(H2,28,37)/t12-,15-,20-,27-/m0/s1. The maximum atomic E-state index is 14.0. The zero-order valence-electron chi connectivity index (χ0n) is 22.7. The van der Waals surface area contributed by atoms with Crippen molar-refractivity contribution >= 4 is 23.2 Å². The summed E-state index contributed by atoms with van der Waals surface area (Å²) < 4.78 is 5.04. The van der Waals surface area contributed by atoms with E-state index in [0.717, 1.165) is 0 Å². The van der Waals surface area contributed by atoms with Gasteiger partial charge in [0.2, 0.25) is 5.78 Å². The molecule has 1 aromatic carbocycles. The molecule has 3 aliphatic rings. The second-order valence-corrected chi connectivity index (χ2v) is 10.8. The molecule has 0 spiro atoms. The van der Waals surface area contributed by atoms with Crippen LogP contribution >= 0.6 is 0 Å². The van der Waals surface area contributed by atoms with Gasteiger partial charge in [-0.2, -0.15) is 0 Å². The number of nitrogens with one attached hydrogen (secondary N) is 1. The van der Waals surface area contributed by atoms with Crippen molar-refractivity contribution in [3.63, 3.8) is 0 Å². The minimum atomic E-state index is -2.66. The number of nitrogens with zero attached hydrogens (tertiary/aromatic N) is 2. The lowest BCUT2D eigenvalue weighted by molar-refractivity contribution is -0.148. The number of carbonyl (C=O) groups is 3. The minimum Gasteiger partial charge on any atom is -0.510 e. The van der Waals surface area contributed by atoms with Crippen LogP contribution in [-0.2, 0) is 27.3 Å². The van der Waals surface area contributed by atoms with Gasteiger partial charge >= 0.3 is 0 Å². The number of hydrogen-bond donors (Lipinski definition) is 6. The Bertz CT molecular complexity index is 1300. The third-order valence-electron chi connectivity index (χ3n) is 8.06. The minimum absolute atomic E-state index is 0.00877. The molecule has 7 N–H and O–H groups in total. The number of aliphatic hydroxyl groups is 3. The number of anilines is 1. The molecule has 4 rings (SSSR count). The zero-order chi connectivity index (χ0) is 29.0. The number of nitrogens with two attached hydrogens (primary N) is 1. The molecule has 212 valence electrons. The Morgan fingerprint density at radius 1 is 1.21 bits per heavy atom. The van der Waals surface area contributed by atoms with E-state index in [4.69, 9.17) is 10.5 Å². The molecule has 4 atom stereocenters. The van der Waals surface area contributed by atoms with Gasteiger partial charge in [-0.05, 0) is 44.5 Å². The molecule has 0 aliphatic heterocycles. The van der Waals surface area contributed by atoms with E-state index in [2.05, 4.69) is 5.32 Å². The van der Waals surface area contributed by atoms with Gasteiger partial charge in [-0.1, -0.05) is 0 Å². The van der Waals surface area contributed by atoms with Gasteiger partial charge in [0, 0.05) is 57.0 Å². The largest absolute Gasteiger partial charge is 0.510 e. The number of carbonyl (C=O) groups excluding carboxylic acids is 3. The van der Waals surface area contributed by atoms with E-state index in [0.29, 0.717) is 30.0 Å². The number of aromatic hydroxyl groups is 1. The lowest BCUT2D eigenvalue weighted by Gasteiger charge is -2.50. The molecule has 0 aromatic heterocycles. The summed E-state index contributed by atoms with van der Waals surface area (Å²) in [6.07, 6.45) is 0.271. The number of allylic oxidation sites excluding steroid dienone is 1. The molecule has 0 fully saturated rings. The molecule has 1 amide bonds. The fourth-order valence-electron chi connectivity index (χ4n) is 6.28. The monoisotopic (exact) mass is 544 g/mol. The van der Waals surface area contributed by atoms with E-state index < -0.39 is 58.0 Å². The Labute approximate surface area is 226 Å².